The molecule has 0 saturated heterocycles. The Labute approximate surface area is 175 Å². The Kier molecular flexibility index (Phi) is 5.11. The number of aromatic nitrogens is 1. The van der Waals surface area contributed by atoms with E-state index in [4.69, 9.17) is 51.4 Å². The molecule has 0 amide bonds. The van der Waals surface area contributed by atoms with Crippen molar-refractivity contribution in [1.29, 1.82) is 0 Å². The van der Waals surface area contributed by atoms with Gasteiger partial charge in [0.25, 0.3) is 0 Å². The molecular weight excluding hydrogens is 424 g/mol. The van der Waals surface area contributed by atoms with Gasteiger partial charge in [0, 0.05) is 16.3 Å². The molecule has 0 aliphatic carbocycles. The molecule has 3 aromatic carbocycles. The van der Waals surface area contributed by atoms with Gasteiger partial charge in [-0.1, -0.05) is 82.8 Å². The molecule has 4 rings (SSSR count). The quantitative estimate of drug-likeness (QED) is 0.119. The average molecular weight is 435 g/mol. The largest absolute Gasteiger partial charge is 0.275 e. The molecule has 0 fully saturated rings. The van der Waals surface area contributed by atoms with Crippen LogP contribution in [0.5, 0.6) is 0 Å². The third kappa shape index (κ3) is 3.44. The molecule has 0 radical (unpaired) electrons. The van der Waals surface area contributed by atoms with E-state index in [1.54, 1.807) is 6.21 Å². The fourth-order valence-corrected chi connectivity index (χ4v) is 3.84. The van der Waals surface area contributed by atoms with Crippen molar-refractivity contribution >= 4 is 80.1 Å². The molecule has 7 heteroatoms. The minimum absolute atomic E-state index is 0.218. The third-order valence-electron chi connectivity index (χ3n) is 4.11. The van der Waals surface area contributed by atoms with Crippen molar-refractivity contribution in [3.05, 3.63) is 80.3 Å². The SMILES string of the molecule is Clc1cc(Cl)c(NN=Cc2c3ccccc3nc3ccccc23)c(Cl)c1Cl. The van der Waals surface area contributed by atoms with Crippen LogP contribution in [0.4, 0.5) is 5.69 Å². The summed E-state index contributed by atoms with van der Waals surface area (Å²) in [7, 11) is 0. The predicted octanol–water partition coefficient (Wildman–Crippen LogP) is 7.45. The van der Waals surface area contributed by atoms with Gasteiger partial charge in [0.05, 0.1) is 43.0 Å². The van der Waals surface area contributed by atoms with Crippen LogP contribution >= 0.6 is 46.4 Å². The number of anilines is 1. The number of hydrogen-bond donors (Lipinski definition) is 1. The van der Waals surface area contributed by atoms with E-state index in [1.807, 2.05) is 48.5 Å². The van der Waals surface area contributed by atoms with E-state index in [0.717, 1.165) is 27.4 Å². The lowest BCUT2D eigenvalue weighted by Crippen LogP contribution is -1.96. The number of nitrogens with one attached hydrogen (secondary N) is 1. The maximum Gasteiger partial charge on any atom is 0.0950 e. The van der Waals surface area contributed by atoms with Crippen molar-refractivity contribution in [3.63, 3.8) is 0 Å². The highest BCUT2D eigenvalue weighted by atomic mass is 35.5. The van der Waals surface area contributed by atoms with Gasteiger partial charge in [-0.2, -0.15) is 5.10 Å². The van der Waals surface area contributed by atoms with Gasteiger partial charge in [-0.3, -0.25) is 5.43 Å². The molecule has 27 heavy (non-hydrogen) atoms. The fraction of sp³-hybridized carbons (Fsp3) is 0. The van der Waals surface area contributed by atoms with Crippen LogP contribution in [0, 0.1) is 0 Å². The summed E-state index contributed by atoms with van der Waals surface area (Å²) < 4.78 is 0. The second-order valence-corrected chi connectivity index (χ2v) is 7.34. The molecule has 0 aliphatic heterocycles. The third-order valence-corrected chi connectivity index (χ3v) is 5.67. The second-order valence-electron chi connectivity index (χ2n) is 5.77. The summed E-state index contributed by atoms with van der Waals surface area (Å²) >= 11 is 24.5. The van der Waals surface area contributed by atoms with Crippen LogP contribution in [0.3, 0.4) is 0 Å². The standard InChI is InChI=1S/C20H11Cl4N3/c21-14-9-15(22)20(19(24)18(14)23)27-25-10-13-11-5-1-3-7-16(11)26-17-8-4-2-6-12(13)17/h1-10,27H. The van der Waals surface area contributed by atoms with Gasteiger partial charge >= 0.3 is 0 Å². The smallest absolute Gasteiger partial charge is 0.0950 e. The van der Waals surface area contributed by atoms with Crippen LogP contribution in [0.25, 0.3) is 21.8 Å². The van der Waals surface area contributed by atoms with Crippen molar-refractivity contribution in [1.82, 2.24) is 4.98 Å². The molecule has 0 aliphatic rings. The van der Waals surface area contributed by atoms with E-state index in [9.17, 15) is 0 Å². The number of fused-ring (bicyclic) bond motifs is 2. The van der Waals surface area contributed by atoms with E-state index in [0.29, 0.717) is 10.7 Å². The van der Waals surface area contributed by atoms with Gasteiger partial charge in [-0.05, 0) is 18.2 Å². The number of nitrogens with zero attached hydrogens (tertiary/aromatic N) is 2. The van der Waals surface area contributed by atoms with E-state index in [1.165, 1.54) is 6.07 Å². The number of para-hydroxylation sites is 2. The molecule has 0 saturated carbocycles. The van der Waals surface area contributed by atoms with Gasteiger partial charge < -0.3 is 0 Å². The van der Waals surface area contributed by atoms with Gasteiger partial charge in [0.15, 0.2) is 0 Å². The van der Waals surface area contributed by atoms with Gasteiger partial charge in [0.1, 0.15) is 0 Å². The van der Waals surface area contributed by atoms with Crippen molar-refractivity contribution in [2.45, 2.75) is 0 Å². The molecule has 0 atom stereocenters. The van der Waals surface area contributed by atoms with Crippen LogP contribution in [-0.2, 0) is 0 Å². The lowest BCUT2D eigenvalue weighted by Gasteiger charge is -2.10. The first-order chi connectivity index (χ1) is 13.1. The molecule has 134 valence electrons. The first kappa shape index (κ1) is 18.3. The second kappa shape index (κ2) is 7.53. The summed E-state index contributed by atoms with van der Waals surface area (Å²) in [5.74, 6) is 0. The lowest BCUT2D eigenvalue weighted by molar-refractivity contribution is 1.35. The van der Waals surface area contributed by atoms with Crippen LogP contribution < -0.4 is 5.43 Å². The fourth-order valence-electron chi connectivity index (χ4n) is 2.84. The molecule has 0 bridgehead atoms. The summed E-state index contributed by atoms with van der Waals surface area (Å²) in [6, 6.07) is 17.3. The van der Waals surface area contributed by atoms with Crippen molar-refractivity contribution in [2.24, 2.45) is 5.10 Å². The Balaban J connectivity index is 1.81. The highest BCUT2D eigenvalue weighted by molar-refractivity contribution is 6.51. The number of benzene rings is 3. The zero-order chi connectivity index (χ0) is 19.0. The Hall–Kier alpha value is -2.04. The van der Waals surface area contributed by atoms with Crippen molar-refractivity contribution in [3.8, 4) is 0 Å². The molecule has 1 N–H and O–H groups in total. The maximum absolute atomic E-state index is 6.23. The van der Waals surface area contributed by atoms with Crippen molar-refractivity contribution < 1.29 is 0 Å². The summed E-state index contributed by atoms with van der Waals surface area (Å²) in [4.78, 5) is 4.70. The zero-order valence-electron chi connectivity index (χ0n) is 13.7. The number of rotatable bonds is 3. The lowest BCUT2D eigenvalue weighted by atomic mass is 10.0. The monoisotopic (exact) mass is 433 g/mol. The van der Waals surface area contributed by atoms with Crippen LogP contribution in [0.1, 0.15) is 5.56 Å². The molecule has 0 unspecified atom stereocenters. The number of hydrogen-bond acceptors (Lipinski definition) is 3. The topological polar surface area (TPSA) is 37.3 Å². The minimum Gasteiger partial charge on any atom is -0.275 e. The molecule has 3 nitrogen and oxygen atoms in total. The van der Waals surface area contributed by atoms with Gasteiger partial charge in [-0.15, -0.1) is 0 Å². The Morgan fingerprint density at radius 3 is 2.00 bits per heavy atom. The highest BCUT2D eigenvalue weighted by Gasteiger charge is 2.13. The number of halogens is 4. The summed E-state index contributed by atoms with van der Waals surface area (Å²) in [5, 5.41) is 7.37. The number of pyridine rings is 1. The number of hydrazone groups is 1. The van der Waals surface area contributed by atoms with Gasteiger partial charge in [0.2, 0.25) is 0 Å². The first-order valence-electron chi connectivity index (χ1n) is 7.96. The van der Waals surface area contributed by atoms with E-state index >= 15 is 0 Å². The minimum atomic E-state index is 0.218. The predicted molar refractivity (Wildman–Crippen MR) is 117 cm³/mol. The van der Waals surface area contributed by atoms with Gasteiger partial charge in [-0.25, -0.2) is 4.98 Å². The Morgan fingerprint density at radius 2 is 1.37 bits per heavy atom. The molecular formula is C20H11Cl4N3. The molecule has 1 heterocycles. The van der Waals surface area contributed by atoms with Crippen LogP contribution in [0.15, 0.2) is 59.7 Å². The van der Waals surface area contributed by atoms with E-state index in [2.05, 4.69) is 10.5 Å². The molecule has 1 aromatic heterocycles. The summed E-state index contributed by atoms with van der Waals surface area (Å²) in [6.45, 7) is 0. The van der Waals surface area contributed by atoms with Crippen LogP contribution in [-0.4, -0.2) is 11.2 Å². The Morgan fingerprint density at radius 1 is 0.778 bits per heavy atom. The summed E-state index contributed by atoms with van der Waals surface area (Å²) in [5.41, 5.74) is 5.99. The normalized spacial score (nSPS) is 11.6. The van der Waals surface area contributed by atoms with E-state index in [-0.39, 0.29) is 15.1 Å². The van der Waals surface area contributed by atoms with Crippen molar-refractivity contribution in [2.75, 3.05) is 5.43 Å². The highest BCUT2D eigenvalue weighted by Crippen LogP contribution is 2.41. The molecule has 4 aromatic rings. The first-order valence-corrected chi connectivity index (χ1v) is 9.47. The molecule has 0 spiro atoms. The average Bonchev–Trinajstić information content (AvgIpc) is 2.68. The Bertz CT molecular complexity index is 1150. The van der Waals surface area contributed by atoms with Crippen LogP contribution in [0.2, 0.25) is 20.1 Å². The summed E-state index contributed by atoms with van der Waals surface area (Å²) in [6.07, 6.45) is 1.72. The zero-order valence-corrected chi connectivity index (χ0v) is 16.7. The maximum atomic E-state index is 6.23. The van der Waals surface area contributed by atoms with E-state index < -0.39 is 0 Å².